The summed E-state index contributed by atoms with van der Waals surface area (Å²) in [6.07, 6.45) is 2.70. The summed E-state index contributed by atoms with van der Waals surface area (Å²) >= 11 is 0. The molecule has 0 atom stereocenters. The van der Waals surface area contributed by atoms with Crippen LogP contribution < -0.4 is 0 Å². The molecule has 12 heavy (non-hydrogen) atoms. The molecule has 5 heteroatoms. The van der Waals surface area contributed by atoms with Gasteiger partial charge in [0.2, 0.25) is 0 Å². The second kappa shape index (κ2) is 3.75. The summed E-state index contributed by atoms with van der Waals surface area (Å²) in [5.74, 6) is 0.459. The fourth-order valence-electron chi connectivity index (χ4n) is 0.610. The molecule has 1 heterocycles. The molecule has 1 rings (SSSR count). The van der Waals surface area contributed by atoms with E-state index in [1.807, 2.05) is 0 Å². The lowest BCUT2D eigenvalue weighted by Gasteiger charge is -1.91. The lowest BCUT2D eigenvalue weighted by molar-refractivity contribution is 0.226. The van der Waals surface area contributed by atoms with Gasteiger partial charge in [-0.05, 0) is 12.2 Å². The van der Waals surface area contributed by atoms with E-state index in [2.05, 4.69) is 9.97 Å². The molecule has 0 bridgehead atoms. The molecule has 0 spiro atoms. The summed E-state index contributed by atoms with van der Waals surface area (Å²) in [7, 11) is 0. The van der Waals surface area contributed by atoms with Gasteiger partial charge in [0.05, 0.1) is 5.71 Å². The average Bonchev–Trinajstić information content (AvgIpc) is 2.51. The highest BCUT2D eigenvalue weighted by atomic mass is 19.3. The molecule has 2 N–H and O–H groups in total. The van der Waals surface area contributed by atoms with E-state index in [0.29, 0.717) is 5.82 Å². The fraction of sp³-hybridized carbons (Fsp3) is 0.143. The number of aromatic nitrogens is 2. The minimum Gasteiger partial charge on any atom is -0.345 e. The van der Waals surface area contributed by atoms with Crippen molar-refractivity contribution in [2.75, 3.05) is 0 Å². The van der Waals surface area contributed by atoms with E-state index in [0.717, 1.165) is 6.08 Å². The lowest BCUT2D eigenvalue weighted by Crippen LogP contribution is -2.03. The topological polar surface area (TPSA) is 52.5 Å². The summed E-state index contributed by atoms with van der Waals surface area (Å²) in [6, 6.07) is 0. The number of rotatable bonds is 3. The van der Waals surface area contributed by atoms with Gasteiger partial charge in [-0.15, -0.1) is 0 Å². The first kappa shape index (κ1) is 8.58. The van der Waals surface area contributed by atoms with Crippen LogP contribution in [0.25, 0.3) is 6.08 Å². The van der Waals surface area contributed by atoms with Crippen LogP contribution in [0.15, 0.2) is 18.5 Å². The molecule has 0 radical (unpaired) electrons. The maximum atomic E-state index is 11.8. The molecular formula is C7H7F2N3. The molecule has 0 unspecified atom stereocenters. The van der Waals surface area contributed by atoms with Gasteiger partial charge < -0.3 is 4.98 Å². The minimum atomic E-state index is -2.73. The first-order valence-corrected chi connectivity index (χ1v) is 3.24. The van der Waals surface area contributed by atoms with Crippen LogP contribution in [0, 0.1) is 5.41 Å². The summed E-state index contributed by atoms with van der Waals surface area (Å²) in [5, 5.41) is 6.77. The number of aromatic amines is 1. The molecule has 0 aliphatic carbocycles. The molecule has 0 aromatic carbocycles. The summed E-state index contributed by atoms with van der Waals surface area (Å²) < 4.78 is 23.5. The van der Waals surface area contributed by atoms with Crippen LogP contribution in [-0.4, -0.2) is 22.1 Å². The Hall–Kier alpha value is -1.52. The Labute approximate surface area is 67.6 Å². The van der Waals surface area contributed by atoms with Crippen molar-refractivity contribution in [3.05, 3.63) is 24.3 Å². The number of hydrogen-bond donors (Lipinski definition) is 2. The molecule has 64 valence electrons. The van der Waals surface area contributed by atoms with Crippen LogP contribution in [-0.2, 0) is 0 Å². The molecule has 0 aliphatic heterocycles. The smallest absolute Gasteiger partial charge is 0.279 e. The number of nitrogens with one attached hydrogen (secondary N) is 2. The Balaban J connectivity index is 2.57. The van der Waals surface area contributed by atoms with Crippen molar-refractivity contribution in [1.82, 2.24) is 9.97 Å². The maximum absolute atomic E-state index is 11.8. The van der Waals surface area contributed by atoms with Crippen molar-refractivity contribution in [2.24, 2.45) is 0 Å². The van der Waals surface area contributed by atoms with E-state index in [1.165, 1.54) is 12.3 Å². The van der Waals surface area contributed by atoms with Gasteiger partial charge in [-0.1, -0.05) is 0 Å². The zero-order valence-corrected chi connectivity index (χ0v) is 6.09. The van der Waals surface area contributed by atoms with Crippen molar-refractivity contribution >= 4 is 11.8 Å². The van der Waals surface area contributed by atoms with Crippen molar-refractivity contribution in [2.45, 2.75) is 6.43 Å². The quantitative estimate of drug-likeness (QED) is 0.668. The largest absolute Gasteiger partial charge is 0.345 e. The average molecular weight is 171 g/mol. The standard InChI is InChI=1S/C7H7F2N3/c8-7(9)5(10)1-2-6-11-3-4-12-6/h1-4,7,10H,(H,11,12)/b2-1-,10-5?. The first-order valence-electron chi connectivity index (χ1n) is 3.24. The van der Waals surface area contributed by atoms with Gasteiger partial charge >= 0.3 is 0 Å². The molecular weight excluding hydrogens is 164 g/mol. The van der Waals surface area contributed by atoms with Gasteiger partial charge in [-0.2, -0.15) is 0 Å². The van der Waals surface area contributed by atoms with Gasteiger partial charge in [0, 0.05) is 12.4 Å². The minimum absolute atomic E-state index is 0.459. The van der Waals surface area contributed by atoms with Crippen molar-refractivity contribution in [1.29, 1.82) is 5.41 Å². The Morgan fingerprint density at radius 3 is 2.92 bits per heavy atom. The van der Waals surface area contributed by atoms with E-state index in [1.54, 1.807) is 6.20 Å². The summed E-state index contributed by atoms with van der Waals surface area (Å²) in [6.45, 7) is 0. The number of allylic oxidation sites excluding steroid dienone is 1. The van der Waals surface area contributed by atoms with E-state index in [-0.39, 0.29) is 0 Å². The Kier molecular flexibility index (Phi) is 2.68. The number of H-pyrrole nitrogens is 1. The van der Waals surface area contributed by atoms with Gasteiger partial charge in [0.25, 0.3) is 6.43 Å². The SMILES string of the molecule is N=C(/C=C\c1ncc[nH]1)C(F)F. The highest BCUT2D eigenvalue weighted by molar-refractivity contribution is 5.97. The molecule has 3 nitrogen and oxygen atoms in total. The van der Waals surface area contributed by atoms with E-state index < -0.39 is 12.1 Å². The van der Waals surface area contributed by atoms with Crippen LogP contribution in [0.2, 0.25) is 0 Å². The number of hydrogen-bond acceptors (Lipinski definition) is 2. The third-order valence-electron chi connectivity index (χ3n) is 1.18. The summed E-state index contributed by atoms with van der Waals surface area (Å²) in [4.78, 5) is 6.46. The number of alkyl halides is 2. The molecule has 0 fully saturated rings. The van der Waals surface area contributed by atoms with Crippen LogP contribution in [0.5, 0.6) is 0 Å². The molecule has 1 aromatic heterocycles. The predicted molar refractivity (Wildman–Crippen MR) is 41.4 cm³/mol. The van der Waals surface area contributed by atoms with Crippen molar-refractivity contribution < 1.29 is 8.78 Å². The normalized spacial score (nSPS) is 11.2. The van der Waals surface area contributed by atoms with E-state index in [9.17, 15) is 8.78 Å². The fourth-order valence-corrected chi connectivity index (χ4v) is 0.610. The van der Waals surface area contributed by atoms with Gasteiger partial charge in [0.1, 0.15) is 5.82 Å². The monoisotopic (exact) mass is 171 g/mol. The lowest BCUT2D eigenvalue weighted by atomic mass is 10.3. The second-order valence-corrected chi connectivity index (χ2v) is 2.06. The maximum Gasteiger partial charge on any atom is 0.279 e. The van der Waals surface area contributed by atoms with E-state index >= 15 is 0 Å². The van der Waals surface area contributed by atoms with Crippen LogP contribution in [0.3, 0.4) is 0 Å². The van der Waals surface area contributed by atoms with Crippen LogP contribution in [0.1, 0.15) is 5.82 Å². The van der Waals surface area contributed by atoms with Gasteiger partial charge in [-0.25, -0.2) is 13.8 Å². The van der Waals surface area contributed by atoms with Crippen LogP contribution >= 0.6 is 0 Å². The van der Waals surface area contributed by atoms with Crippen molar-refractivity contribution in [3.63, 3.8) is 0 Å². The van der Waals surface area contributed by atoms with Gasteiger partial charge in [0.15, 0.2) is 0 Å². The number of imidazole rings is 1. The molecule has 0 saturated carbocycles. The van der Waals surface area contributed by atoms with Crippen LogP contribution in [0.4, 0.5) is 8.78 Å². The Bertz CT molecular complexity index is 277. The van der Waals surface area contributed by atoms with E-state index in [4.69, 9.17) is 5.41 Å². The molecule has 1 aromatic rings. The molecule has 0 saturated heterocycles. The Morgan fingerprint density at radius 2 is 2.42 bits per heavy atom. The predicted octanol–water partition coefficient (Wildman–Crippen LogP) is 1.71. The highest BCUT2D eigenvalue weighted by Crippen LogP contribution is 1.98. The third-order valence-corrected chi connectivity index (χ3v) is 1.18. The Morgan fingerprint density at radius 1 is 1.67 bits per heavy atom. The second-order valence-electron chi connectivity index (χ2n) is 2.06. The number of halogens is 2. The third kappa shape index (κ3) is 2.26. The zero-order chi connectivity index (χ0) is 8.97. The first-order chi connectivity index (χ1) is 5.70. The van der Waals surface area contributed by atoms with Gasteiger partial charge in [-0.3, -0.25) is 5.41 Å². The number of nitrogens with zero attached hydrogens (tertiary/aromatic N) is 1. The molecule has 0 amide bonds. The van der Waals surface area contributed by atoms with Crippen molar-refractivity contribution in [3.8, 4) is 0 Å². The zero-order valence-electron chi connectivity index (χ0n) is 6.09. The summed E-state index contributed by atoms with van der Waals surface area (Å²) in [5.41, 5.74) is -0.716. The highest BCUT2D eigenvalue weighted by Gasteiger charge is 2.05. The molecule has 0 aliphatic rings.